The van der Waals surface area contributed by atoms with Gasteiger partial charge in [0.05, 0.1) is 12.7 Å². The van der Waals surface area contributed by atoms with Gasteiger partial charge in [-0.2, -0.15) is 4.98 Å². The molecule has 0 atom stereocenters. The number of nitrogens with one attached hydrogen (secondary N) is 1. The van der Waals surface area contributed by atoms with Crippen molar-refractivity contribution in [1.29, 1.82) is 0 Å². The van der Waals surface area contributed by atoms with E-state index in [4.69, 9.17) is 17.3 Å². The Labute approximate surface area is 102 Å². The quantitative estimate of drug-likeness (QED) is 0.878. The summed E-state index contributed by atoms with van der Waals surface area (Å²) in [5, 5.41) is 4.49. The van der Waals surface area contributed by atoms with Gasteiger partial charge in [-0.3, -0.25) is 0 Å². The molecular weight excluding hydrogens is 246 g/mol. The normalized spacial score (nSPS) is 10.4. The minimum absolute atomic E-state index is 0.196. The van der Waals surface area contributed by atoms with E-state index < -0.39 is 0 Å². The fourth-order valence-electron chi connectivity index (χ4n) is 1.15. The largest absolute Gasteiger partial charge is 0.368 e. The van der Waals surface area contributed by atoms with Crippen LogP contribution >= 0.6 is 22.9 Å². The summed E-state index contributed by atoms with van der Waals surface area (Å²) in [6.07, 6.45) is 3.30. The van der Waals surface area contributed by atoms with E-state index in [1.54, 1.807) is 11.3 Å². The fraction of sp³-hybridized carbons (Fsp3) is 0.222. The number of halogens is 1. The molecule has 2 heterocycles. The molecule has 16 heavy (non-hydrogen) atoms. The van der Waals surface area contributed by atoms with Crippen LogP contribution < -0.4 is 11.1 Å². The summed E-state index contributed by atoms with van der Waals surface area (Å²) in [5.41, 5.74) is 5.47. The monoisotopic (exact) mass is 255 g/mol. The van der Waals surface area contributed by atoms with Crippen molar-refractivity contribution < 1.29 is 0 Å². The molecule has 0 amide bonds. The molecule has 0 radical (unpaired) electrons. The van der Waals surface area contributed by atoms with Crippen molar-refractivity contribution in [3.8, 4) is 0 Å². The number of rotatable bonds is 3. The zero-order chi connectivity index (χ0) is 11.5. The smallest absolute Gasteiger partial charge is 0.222 e. The molecule has 2 rings (SSSR count). The molecule has 0 aliphatic heterocycles. The molecule has 5 nitrogen and oxygen atoms in total. The van der Waals surface area contributed by atoms with E-state index in [-0.39, 0.29) is 5.95 Å². The molecule has 2 aromatic heterocycles. The molecule has 0 fully saturated rings. The third-order valence-corrected chi connectivity index (χ3v) is 3.03. The van der Waals surface area contributed by atoms with Gasteiger partial charge < -0.3 is 11.1 Å². The van der Waals surface area contributed by atoms with Crippen LogP contribution in [-0.2, 0) is 6.54 Å². The summed E-state index contributed by atoms with van der Waals surface area (Å²) in [4.78, 5) is 13.2. The Bertz CT molecular complexity index is 498. The zero-order valence-electron chi connectivity index (χ0n) is 8.57. The van der Waals surface area contributed by atoms with Crippen LogP contribution in [0.4, 0.5) is 11.8 Å². The van der Waals surface area contributed by atoms with Crippen molar-refractivity contribution >= 4 is 34.7 Å². The van der Waals surface area contributed by atoms with Crippen LogP contribution in [0.2, 0.25) is 5.02 Å². The Balaban J connectivity index is 2.07. The molecule has 0 bridgehead atoms. The van der Waals surface area contributed by atoms with Gasteiger partial charge in [0.25, 0.3) is 0 Å². The van der Waals surface area contributed by atoms with Crippen molar-refractivity contribution in [3.63, 3.8) is 0 Å². The van der Waals surface area contributed by atoms with Crippen LogP contribution in [0.25, 0.3) is 0 Å². The molecule has 0 spiro atoms. The number of aromatic nitrogens is 3. The third kappa shape index (κ3) is 2.59. The van der Waals surface area contributed by atoms with Crippen LogP contribution in [0.5, 0.6) is 0 Å². The lowest BCUT2D eigenvalue weighted by atomic mass is 10.5. The van der Waals surface area contributed by atoms with Crippen molar-refractivity contribution in [3.05, 3.63) is 27.3 Å². The first-order valence-corrected chi connectivity index (χ1v) is 5.78. The molecular formula is C9H10ClN5S. The maximum Gasteiger partial charge on any atom is 0.222 e. The fourth-order valence-corrected chi connectivity index (χ4v) is 2.03. The van der Waals surface area contributed by atoms with E-state index in [1.165, 1.54) is 11.1 Å². The predicted molar refractivity (Wildman–Crippen MR) is 65.6 cm³/mol. The second-order valence-corrected chi connectivity index (χ2v) is 4.87. The minimum atomic E-state index is 0.196. The van der Waals surface area contributed by atoms with Crippen LogP contribution in [0.1, 0.15) is 9.88 Å². The molecule has 0 aromatic carbocycles. The number of nitrogens with zero attached hydrogens (tertiary/aromatic N) is 3. The molecule has 0 saturated heterocycles. The molecule has 3 N–H and O–H groups in total. The third-order valence-electron chi connectivity index (χ3n) is 1.84. The molecule has 7 heteroatoms. The lowest BCUT2D eigenvalue weighted by Crippen LogP contribution is -2.04. The van der Waals surface area contributed by atoms with Gasteiger partial charge in [-0.1, -0.05) is 11.6 Å². The van der Waals surface area contributed by atoms with Gasteiger partial charge in [0.1, 0.15) is 10.0 Å². The lowest BCUT2D eigenvalue weighted by molar-refractivity contribution is 1.06. The van der Waals surface area contributed by atoms with Gasteiger partial charge in [0, 0.05) is 11.1 Å². The molecule has 84 valence electrons. The Morgan fingerprint density at radius 3 is 2.94 bits per heavy atom. The zero-order valence-corrected chi connectivity index (χ0v) is 10.1. The summed E-state index contributed by atoms with van der Waals surface area (Å²) in [5.74, 6) is 0.726. The highest BCUT2D eigenvalue weighted by atomic mass is 35.5. The van der Waals surface area contributed by atoms with Gasteiger partial charge in [-0.25, -0.2) is 9.97 Å². The molecule has 2 aromatic rings. The van der Waals surface area contributed by atoms with Crippen LogP contribution in [0.15, 0.2) is 12.4 Å². The van der Waals surface area contributed by atoms with Gasteiger partial charge in [-0.05, 0) is 6.92 Å². The first-order valence-electron chi connectivity index (χ1n) is 4.58. The van der Waals surface area contributed by atoms with E-state index in [1.807, 2.05) is 13.1 Å². The second kappa shape index (κ2) is 4.63. The Hall–Kier alpha value is -1.40. The average molecular weight is 256 g/mol. The van der Waals surface area contributed by atoms with Crippen molar-refractivity contribution in [2.75, 3.05) is 11.1 Å². The first kappa shape index (κ1) is 11.1. The van der Waals surface area contributed by atoms with Crippen LogP contribution in [-0.4, -0.2) is 15.0 Å². The number of hydrogen-bond acceptors (Lipinski definition) is 6. The van der Waals surface area contributed by atoms with E-state index >= 15 is 0 Å². The highest BCUT2D eigenvalue weighted by Gasteiger charge is 2.04. The average Bonchev–Trinajstić information content (AvgIpc) is 2.66. The standard InChI is InChI=1S/C9H10ClN5S/c1-5-2-12-7(16-5)4-13-8-6(10)3-14-9(11)15-8/h2-3H,4H2,1H3,(H3,11,13,14,15). The van der Waals surface area contributed by atoms with E-state index in [0.29, 0.717) is 17.4 Å². The van der Waals surface area contributed by atoms with Gasteiger partial charge in [0.15, 0.2) is 5.82 Å². The highest BCUT2D eigenvalue weighted by molar-refractivity contribution is 7.11. The number of nitrogen functional groups attached to an aromatic ring is 1. The summed E-state index contributed by atoms with van der Waals surface area (Å²) < 4.78 is 0. The van der Waals surface area contributed by atoms with E-state index in [2.05, 4.69) is 20.3 Å². The minimum Gasteiger partial charge on any atom is -0.368 e. The molecule has 0 saturated carbocycles. The lowest BCUT2D eigenvalue weighted by Gasteiger charge is -2.05. The molecule has 0 aliphatic rings. The Morgan fingerprint density at radius 1 is 1.44 bits per heavy atom. The first-order chi connectivity index (χ1) is 7.65. The van der Waals surface area contributed by atoms with Crippen molar-refractivity contribution in [2.45, 2.75) is 13.5 Å². The van der Waals surface area contributed by atoms with Crippen molar-refractivity contribution in [2.24, 2.45) is 0 Å². The van der Waals surface area contributed by atoms with Crippen LogP contribution in [0, 0.1) is 6.92 Å². The summed E-state index contributed by atoms with van der Waals surface area (Å²) in [7, 11) is 0. The summed E-state index contributed by atoms with van der Waals surface area (Å²) in [6, 6.07) is 0. The number of thiazole rings is 1. The SMILES string of the molecule is Cc1cnc(CNc2nc(N)ncc2Cl)s1. The second-order valence-electron chi connectivity index (χ2n) is 3.14. The number of nitrogens with two attached hydrogens (primary N) is 1. The van der Waals surface area contributed by atoms with Gasteiger partial charge >= 0.3 is 0 Å². The summed E-state index contributed by atoms with van der Waals surface area (Å²) in [6.45, 7) is 2.59. The van der Waals surface area contributed by atoms with E-state index in [0.717, 1.165) is 5.01 Å². The van der Waals surface area contributed by atoms with Gasteiger partial charge in [0.2, 0.25) is 5.95 Å². The molecule has 0 unspecified atom stereocenters. The predicted octanol–water partition coefficient (Wildman–Crippen LogP) is 2.09. The Morgan fingerprint density at radius 2 is 2.25 bits per heavy atom. The molecule has 0 aliphatic carbocycles. The van der Waals surface area contributed by atoms with Crippen molar-refractivity contribution in [1.82, 2.24) is 15.0 Å². The Kier molecular flexibility index (Phi) is 3.21. The number of anilines is 2. The topological polar surface area (TPSA) is 76.7 Å². The van der Waals surface area contributed by atoms with Gasteiger partial charge in [-0.15, -0.1) is 11.3 Å². The maximum absolute atomic E-state index is 5.91. The van der Waals surface area contributed by atoms with E-state index in [9.17, 15) is 0 Å². The summed E-state index contributed by atoms with van der Waals surface area (Å²) >= 11 is 7.53. The number of hydrogen-bond donors (Lipinski definition) is 2. The van der Waals surface area contributed by atoms with Crippen LogP contribution in [0.3, 0.4) is 0 Å². The highest BCUT2D eigenvalue weighted by Crippen LogP contribution is 2.20. The maximum atomic E-state index is 5.91. The number of aryl methyl sites for hydroxylation is 1.